The molecule has 0 saturated heterocycles. The molecule has 1 aliphatic rings. The summed E-state index contributed by atoms with van der Waals surface area (Å²) in [5.74, 6) is 1.64. The lowest BCUT2D eigenvalue weighted by atomic mass is 9.72. The number of benzene rings is 1. The first-order chi connectivity index (χ1) is 14.2. The number of aromatic nitrogens is 6. The van der Waals surface area contributed by atoms with Gasteiger partial charge in [0.25, 0.3) is 0 Å². The third-order valence-electron chi connectivity index (χ3n) is 5.83. The van der Waals surface area contributed by atoms with Gasteiger partial charge in [-0.1, -0.05) is 17.7 Å². The first kappa shape index (κ1) is 19.1. The highest BCUT2D eigenvalue weighted by molar-refractivity contribution is 6.35. The fourth-order valence-corrected chi connectivity index (χ4v) is 4.28. The van der Waals surface area contributed by atoms with E-state index in [9.17, 15) is 0 Å². The van der Waals surface area contributed by atoms with Gasteiger partial charge in [-0.05, 0) is 45.7 Å². The molecule has 4 aromatic rings. The summed E-state index contributed by atoms with van der Waals surface area (Å²) >= 11 is 6.28. The average Bonchev–Trinajstić information content (AvgIpc) is 3.08. The van der Waals surface area contributed by atoms with Crippen LogP contribution in [-0.4, -0.2) is 29.5 Å². The van der Waals surface area contributed by atoms with Crippen LogP contribution in [-0.2, 0) is 5.54 Å². The van der Waals surface area contributed by atoms with Crippen molar-refractivity contribution in [3.05, 3.63) is 52.3 Å². The van der Waals surface area contributed by atoms with Gasteiger partial charge in [0.15, 0.2) is 11.5 Å². The summed E-state index contributed by atoms with van der Waals surface area (Å²) in [5.41, 5.74) is 15.9. The molecule has 0 unspecified atom stereocenters. The van der Waals surface area contributed by atoms with E-state index in [0.717, 1.165) is 41.1 Å². The highest BCUT2D eigenvalue weighted by atomic mass is 35.5. The Balaban J connectivity index is 1.43. The Morgan fingerprint density at radius 3 is 2.60 bits per heavy atom. The quantitative estimate of drug-likeness (QED) is 0.518. The molecule has 30 heavy (non-hydrogen) atoms. The lowest BCUT2D eigenvalue weighted by Crippen LogP contribution is -2.31. The van der Waals surface area contributed by atoms with Gasteiger partial charge in [-0.3, -0.25) is 9.97 Å². The maximum Gasteiger partial charge on any atom is 0.223 e. The van der Waals surface area contributed by atoms with E-state index in [1.54, 1.807) is 16.8 Å². The highest BCUT2D eigenvalue weighted by Gasteiger charge is 2.36. The SMILES string of the molecule is Cc1nc(C(C)(C)N)cnc1[C@H]1C[C@H](c2nc3c4cccc(Cl)c4nc(N)n3n2)C1. The largest absolute Gasteiger partial charge is 0.368 e. The van der Waals surface area contributed by atoms with Crippen LogP contribution >= 0.6 is 11.6 Å². The van der Waals surface area contributed by atoms with Crippen LogP contribution in [0.5, 0.6) is 0 Å². The third-order valence-corrected chi connectivity index (χ3v) is 6.13. The molecule has 0 atom stereocenters. The van der Waals surface area contributed by atoms with E-state index in [1.807, 2.05) is 32.9 Å². The predicted octanol–water partition coefficient (Wildman–Crippen LogP) is 3.47. The topological polar surface area (TPSA) is 121 Å². The Labute approximate surface area is 178 Å². The van der Waals surface area contributed by atoms with Crippen molar-refractivity contribution in [3.63, 3.8) is 0 Å². The molecule has 3 heterocycles. The Bertz CT molecular complexity index is 1280. The Hall–Kier alpha value is -2.84. The number of nitrogens with two attached hydrogens (primary N) is 2. The maximum absolute atomic E-state index is 6.28. The summed E-state index contributed by atoms with van der Waals surface area (Å²) in [6.45, 7) is 5.86. The zero-order chi connectivity index (χ0) is 21.2. The first-order valence-corrected chi connectivity index (χ1v) is 10.3. The van der Waals surface area contributed by atoms with Crippen molar-refractivity contribution in [2.24, 2.45) is 5.73 Å². The van der Waals surface area contributed by atoms with Crippen molar-refractivity contribution in [1.82, 2.24) is 29.5 Å². The number of hydrogen-bond donors (Lipinski definition) is 2. The number of fused-ring (bicyclic) bond motifs is 3. The van der Waals surface area contributed by atoms with Crippen LogP contribution in [0.4, 0.5) is 5.95 Å². The van der Waals surface area contributed by atoms with Gasteiger partial charge >= 0.3 is 0 Å². The molecule has 0 amide bonds. The lowest BCUT2D eigenvalue weighted by Gasteiger charge is -2.33. The zero-order valence-electron chi connectivity index (χ0n) is 17.1. The van der Waals surface area contributed by atoms with Gasteiger partial charge in [-0.2, -0.15) is 4.52 Å². The Kier molecular flexibility index (Phi) is 4.20. The summed E-state index contributed by atoms with van der Waals surface area (Å²) in [4.78, 5) is 18.5. The number of para-hydroxylation sites is 1. The molecule has 154 valence electrons. The minimum Gasteiger partial charge on any atom is -0.368 e. The summed E-state index contributed by atoms with van der Waals surface area (Å²) in [6, 6.07) is 5.61. The molecule has 4 N–H and O–H groups in total. The van der Waals surface area contributed by atoms with Crippen LogP contribution in [0.3, 0.4) is 0 Å². The fourth-order valence-electron chi connectivity index (χ4n) is 4.06. The molecule has 0 aliphatic heterocycles. The molecular weight excluding hydrogens is 400 g/mol. The van der Waals surface area contributed by atoms with Crippen molar-refractivity contribution in [2.75, 3.05) is 5.73 Å². The second-order valence-corrected chi connectivity index (χ2v) is 9.03. The summed E-state index contributed by atoms with van der Waals surface area (Å²) in [6.07, 6.45) is 3.63. The normalized spacial score (nSPS) is 19.4. The Morgan fingerprint density at radius 1 is 1.13 bits per heavy atom. The molecule has 0 spiro atoms. The lowest BCUT2D eigenvalue weighted by molar-refractivity contribution is 0.329. The summed E-state index contributed by atoms with van der Waals surface area (Å²) < 4.78 is 1.60. The van der Waals surface area contributed by atoms with E-state index >= 15 is 0 Å². The fraction of sp³-hybridized carbons (Fsp3) is 0.381. The molecule has 8 nitrogen and oxygen atoms in total. The number of halogens is 1. The molecule has 1 fully saturated rings. The second kappa shape index (κ2) is 6.58. The van der Waals surface area contributed by atoms with Gasteiger partial charge in [0.2, 0.25) is 5.95 Å². The molecule has 3 aromatic heterocycles. The summed E-state index contributed by atoms with van der Waals surface area (Å²) in [5, 5.41) is 6.02. The highest BCUT2D eigenvalue weighted by Crippen LogP contribution is 2.47. The Morgan fingerprint density at radius 2 is 1.90 bits per heavy atom. The van der Waals surface area contributed by atoms with Crippen LogP contribution < -0.4 is 11.5 Å². The van der Waals surface area contributed by atoms with Gasteiger partial charge in [0, 0.05) is 17.2 Å². The van der Waals surface area contributed by atoms with Gasteiger partial charge in [-0.25, -0.2) is 9.97 Å². The molecule has 1 aliphatic carbocycles. The second-order valence-electron chi connectivity index (χ2n) is 8.62. The smallest absolute Gasteiger partial charge is 0.223 e. The first-order valence-electron chi connectivity index (χ1n) is 9.95. The molecule has 1 aromatic carbocycles. The number of hydrogen-bond acceptors (Lipinski definition) is 7. The van der Waals surface area contributed by atoms with E-state index in [0.29, 0.717) is 22.1 Å². The monoisotopic (exact) mass is 422 g/mol. The van der Waals surface area contributed by atoms with Crippen molar-refractivity contribution in [2.45, 2.75) is 51.0 Å². The minimum atomic E-state index is -0.501. The van der Waals surface area contributed by atoms with Crippen LogP contribution in [0.1, 0.15) is 61.4 Å². The van der Waals surface area contributed by atoms with Crippen LogP contribution in [0.15, 0.2) is 24.4 Å². The van der Waals surface area contributed by atoms with Gasteiger partial charge < -0.3 is 11.5 Å². The van der Waals surface area contributed by atoms with E-state index < -0.39 is 5.54 Å². The zero-order valence-corrected chi connectivity index (χ0v) is 17.9. The molecule has 0 bridgehead atoms. The van der Waals surface area contributed by atoms with E-state index in [-0.39, 0.29) is 11.9 Å². The van der Waals surface area contributed by atoms with Crippen LogP contribution in [0, 0.1) is 6.92 Å². The van der Waals surface area contributed by atoms with E-state index in [4.69, 9.17) is 28.1 Å². The maximum atomic E-state index is 6.28. The van der Waals surface area contributed by atoms with Crippen molar-refractivity contribution >= 4 is 34.1 Å². The van der Waals surface area contributed by atoms with Crippen molar-refractivity contribution in [3.8, 4) is 0 Å². The number of nitrogen functional groups attached to an aromatic ring is 1. The van der Waals surface area contributed by atoms with Crippen LogP contribution in [0.2, 0.25) is 5.02 Å². The number of rotatable bonds is 3. The van der Waals surface area contributed by atoms with Crippen molar-refractivity contribution in [1.29, 1.82) is 0 Å². The predicted molar refractivity (Wildman–Crippen MR) is 116 cm³/mol. The number of nitrogens with zero attached hydrogens (tertiary/aromatic N) is 6. The van der Waals surface area contributed by atoms with Gasteiger partial charge in [-0.15, -0.1) is 5.10 Å². The average molecular weight is 423 g/mol. The molecule has 1 saturated carbocycles. The third kappa shape index (κ3) is 2.98. The van der Waals surface area contributed by atoms with Gasteiger partial charge in [0.05, 0.1) is 39.4 Å². The molecule has 9 heteroatoms. The van der Waals surface area contributed by atoms with Crippen LogP contribution in [0.25, 0.3) is 16.6 Å². The van der Waals surface area contributed by atoms with E-state index in [2.05, 4.69) is 20.1 Å². The van der Waals surface area contributed by atoms with E-state index in [1.165, 1.54) is 0 Å². The molecular formula is C21H23ClN8. The minimum absolute atomic E-state index is 0.246. The molecule has 0 radical (unpaired) electrons. The van der Waals surface area contributed by atoms with Gasteiger partial charge in [0.1, 0.15) is 0 Å². The summed E-state index contributed by atoms with van der Waals surface area (Å²) in [7, 11) is 0. The van der Waals surface area contributed by atoms with Crippen molar-refractivity contribution < 1.29 is 0 Å². The number of aryl methyl sites for hydroxylation is 1. The molecule has 5 rings (SSSR count). The standard InChI is InChI=1S/C21H23ClN8/c1-10-16(25-9-15(26-10)21(2,3)24)11-7-12(8-11)18-28-19-13-5-4-6-14(22)17(13)27-20(23)30(19)29-18/h4-6,9,11-12H,7-8,24H2,1-3H3,(H2,23,27)/t11-,12-. The number of anilines is 1.